The molecule has 8 heteroatoms. The van der Waals surface area contributed by atoms with Gasteiger partial charge in [0, 0.05) is 37.2 Å². The summed E-state index contributed by atoms with van der Waals surface area (Å²) in [5, 5.41) is 7.64. The maximum Gasteiger partial charge on any atom is 0.253 e. The number of nitrogens with zero attached hydrogens (tertiary/aromatic N) is 4. The van der Waals surface area contributed by atoms with Crippen LogP contribution in [-0.4, -0.2) is 52.1 Å². The van der Waals surface area contributed by atoms with E-state index in [0.29, 0.717) is 36.6 Å². The zero-order valence-electron chi connectivity index (χ0n) is 18.3. The maximum atomic E-state index is 13.0. The highest BCUT2D eigenvalue weighted by molar-refractivity contribution is 5.94. The molecule has 0 radical (unpaired) electrons. The molecule has 3 aromatic rings. The third kappa shape index (κ3) is 3.70. The Morgan fingerprint density at radius 3 is 2.53 bits per heavy atom. The van der Waals surface area contributed by atoms with Crippen LogP contribution < -0.4 is 0 Å². The first-order valence-corrected chi connectivity index (χ1v) is 10.9. The highest BCUT2D eigenvalue weighted by Gasteiger charge is 2.59. The van der Waals surface area contributed by atoms with Crippen LogP contribution in [0.5, 0.6) is 0 Å². The topological polar surface area (TPSA) is 92.7 Å². The second-order valence-electron chi connectivity index (χ2n) is 8.96. The van der Waals surface area contributed by atoms with Gasteiger partial charge in [0.25, 0.3) is 5.91 Å². The molecule has 166 valence electrons. The van der Waals surface area contributed by atoms with E-state index in [0.717, 1.165) is 30.6 Å². The van der Waals surface area contributed by atoms with Gasteiger partial charge >= 0.3 is 0 Å². The summed E-state index contributed by atoms with van der Waals surface area (Å²) in [4.78, 5) is 29.5. The predicted octanol–water partition coefficient (Wildman–Crippen LogP) is 3.54. The second kappa shape index (κ2) is 7.93. The summed E-state index contributed by atoms with van der Waals surface area (Å²) in [5.41, 5.74) is 3.05. The Labute approximate surface area is 186 Å². The zero-order valence-corrected chi connectivity index (χ0v) is 18.3. The third-order valence-corrected chi connectivity index (χ3v) is 6.98. The van der Waals surface area contributed by atoms with E-state index >= 15 is 0 Å². The lowest BCUT2D eigenvalue weighted by Crippen LogP contribution is -2.40. The molecule has 2 aromatic heterocycles. The number of hydrogen-bond donors (Lipinski definition) is 0. The standard InChI is InChI=1S/C24H26N4O4/c1-16-20(26-32-25-16)15-27(2)23(30)19-14-24(19)9-11-28(12-10-24)22(29)18-7-5-17(6-8-18)21-4-3-13-31-21/h3-8,13,19H,9-12,14-15H2,1-2H3/t19-/m1/s1. The number of furan rings is 1. The highest BCUT2D eigenvalue weighted by atomic mass is 16.6. The molecule has 1 aromatic carbocycles. The average molecular weight is 434 g/mol. The molecule has 8 nitrogen and oxygen atoms in total. The largest absolute Gasteiger partial charge is 0.464 e. The van der Waals surface area contributed by atoms with Crippen LogP contribution >= 0.6 is 0 Å². The normalized spacial score (nSPS) is 19.2. The Bertz CT molecular complexity index is 1110. The Balaban J connectivity index is 1.16. The van der Waals surface area contributed by atoms with E-state index in [1.807, 2.05) is 48.2 Å². The van der Waals surface area contributed by atoms with Crippen molar-refractivity contribution < 1.29 is 18.6 Å². The lowest BCUT2D eigenvalue weighted by atomic mass is 9.90. The van der Waals surface area contributed by atoms with E-state index in [1.54, 1.807) is 18.2 Å². The molecular weight excluding hydrogens is 408 g/mol. The first-order valence-electron chi connectivity index (χ1n) is 10.9. The molecule has 1 saturated heterocycles. The monoisotopic (exact) mass is 434 g/mol. The SMILES string of the molecule is Cc1nonc1CN(C)C(=O)[C@H]1CC12CCN(C(=O)c1ccc(-c3ccco3)cc1)CC2. The number of carbonyl (C=O) groups excluding carboxylic acids is 2. The minimum atomic E-state index is 0.0255. The first-order chi connectivity index (χ1) is 15.5. The summed E-state index contributed by atoms with van der Waals surface area (Å²) in [7, 11) is 1.80. The summed E-state index contributed by atoms with van der Waals surface area (Å²) < 4.78 is 10.1. The van der Waals surface area contributed by atoms with Crippen LogP contribution in [0.1, 0.15) is 41.0 Å². The number of rotatable bonds is 5. The molecule has 3 heterocycles. The summed E-state index contributed by atoms with van der Waals surface area (Å²) in [5.74, 6) is 0.993. The van der Waals surface area contributed by atoms with Gasteiger partial charge in [0.05, 0.1) is 12.8 Å². The number of aromatic nitrogens is 2. The molecule has 1 spiro atoms. The molecule has 1 saturated carbocycles. The lowest BCUT2D eigenvalue weighted by molar-refractivity contribution is -0.133. The minimum absolute atomic E-state index is 0.0255. The molecule has 0 N–H and O–H groups in total. The lowest BCUT2D eigenvalue weighted by Gasteiger charge is -2.33. The van der Waals surface area contributed by atoms with Crippen LogP contribution in [0.4, 0.5) is 0 Å². The Morgan fingerprint density at radius 1 is 1.16 bits per heavy atom. The van der Waals surface area contributed by atoms with E-state index in [9.17, 15) is 9.59 Å². The van der Waals surface area contributed by atoms with E-state index in [2.05, 4.69) is 10.3 Å². The molecule has 0 bridgehead atoms. The number of amides is 2. The fourth-order valence-electron chi connectivity index (χ4n) is 4.77. The molecule has 32 heavy (non-hydrogen) atoms. The van der Waals surface area contributed by atoms with Gasteiger partial charge < -0.3 is 14.2 Å². The van der Waals surface area contributed by atoms with E-state index in [1.165, 1.54) is 0 Å². The van der Waals surface area contributed by atoms with Gasteiger partial charge in [0.15, 0.2) is 0 Å². The van der Waals surface area contributed by atoms with Crippen molar-refractivity contribution in [3.63, 3.8) is 0 Å². The molecule has 2 amide bonds. The quantitative estimate of drug-likeness (QED) is 0.610. The van der Waals surface area contributed by atoms with Gasteiger partial charge in [0.1, 0.15) is 17.1 Å². The maximum absolute atomic E-state index is 13.0. The fraction of sp³-hybridized carbons (Fsp3) is 0.417. The van der Waals surface area contributed by atoms with Gasteiger partial charge in [0.2, 0.25) is 5.91 Å². The zero-order chi connectivity index (χ0) is 22.3. The van der Waals surface area contributed by atoms with Crippen LogP contribution in [0, 0.1) is 18.3 Å². The van der Waals surface area contributed by atoms with E-state index in [4.69, 9.17) is 9.05 Å². The minimum Gasteiger partial charge on any atom is -0.464 e. The van der Waals surface area contributed by atoms with Gasteiger partial charge in [-0.15, -0.1) is 0 Å². The molecule has 0 unspecified atom stereocenters. The number of hydrogen-bond acceptors (Lipinski definition) is 6. The number of aryl methyl sites for hydroxylation is 1. The van der Waals surface area contributed by atoms with Gasteiger partial charge in [-0.1, -0.05) is 22.4 Å². The Hall–Kier alpha value is -3.42. The Kier molecular flexibility index (Phi) is 5.07. The van der Waals surface area contributed by atoms with Crippen molar-refractivity contribution in [2.45, 2.75) is 32.7 Å². The molecule has 1 atom stereocenters. The summed E-state index contributed by atoms with van der Waals surface area (Å²) in [6.45, 7) is 3.58. The molecular formula is C24H26N4O4. The molecule has 2 fully saturated rings. The smallest absolute Gasteiger partial charge is 0.253 e. The van der Waals surface area contributed by atoms with Crippen molar-refractivity contribution >= 4 is 11.8 Å². The highest BCUT2D eigenvalue weighted by Crippen LogP contribution is 2.60. The molecule has 5 rings (SSSR count). The molecule has 1 aliphatic heterocycles. The molecule has 2 aliphatic rings. The summed E-state index contributed by atoms with van der Waals surface area (Å²) in [6, 6.07) is 11.3. The van der Waals surface area contributed by atoms with Crippen molar-refractivity contribution in [3.8, 4) is 11.3 Å². The van der Waals surface area contributed by atoms with Gasteiger partial charge in [-0.3, -0.25) is 9.59 Å². The number of carbonyl (C=O) groups is 2. The predicted molar refractivity (Wildman–Crippen MR) is 115 cm³/mol. The average Bonchev–Trinajstić information content (AvgIpc) is 3.14. The Morgan fingerprint density at radius 2 is 1.91 bits per heavy atom. The summed E-state index contributed by atoms with van der Waals surface area (Å²) >= 11 is 0. The van der Waals surface area contributed by atoms with Crippen LogP contribution in [0.2, 0.25) is 0 Å². The van der Waals surface area contributed by atoms with Crippen molar-refractivity contribution in [2.24, 2.45) is 11.3 Å². The van der Waals surface area contributed by atoms with Crippen molar-refractivity contribution in [1.29, 1.82) is 0 Å². The van der Waals surface area contributed by atoms with Gasteiger partial charge in [-0.2, -0.15) is 0 Å². The number of likely N-dealkylation sites (tertiary alicyclic amines) is 1. The second-order valence-corrected chi connectivity index (χ2v) is 8.96. The van der Waals surface area contributed by atoms with E-state index in [-0.39, 0.29) is 23.1 Å². The van der Waals surface area contributed by atoms with Crippen LogP contribution in [0.25, 0.3) is 11.3 Å². The van der Waals surface area contributed by atoms with Crippen molar-refractivity contribution in [2.75, 3.05) is 20.1 Å². The van der Waals surface area contributed by atoms with E-state index < -0.39 is 0 Å². The fourth-order valence-corrected chi connectivity index (χ4v) is 4.77. The van der Waals surface area contributed by atoms with Gasteiger partial charge in [-0.25, -0.2) is 4.63 Å². The number of benzene rings is 1. The number of piperidine rings is 1. The van der Waals surface area contributed by atoms with Crippen molar-refractivity contribution in [1.82, 2.24) is 20.1 Å². The van der Waals surface area contributed by atoms with Crippen LogP contribution in [0.3, 0.4) is 0 Å². The van der Waals surface area contributed by atoms with Gasteiger partial charge in [-0.05, 0) is 55.9 Å². The summed E-state index contributed by atoms with van der Waals surface area (Å²) in [6.07, 6.45) is 4.25. The van der Waals surface area contributed by atoms with Crippen LogP contribution in [0.15, 0.2) is 51.7 Å². The first kappa shape index (κ1) is 20.5. The third-order valence-electron chi connectivity index (χ3n) is 6.98. The van der Waals surface area contributed by atoms with Crippen LogP contribution in [-0.2, 0) is 11.3 Å². The molecule has 1 aliphatic carbocycles. The van der Waals surface area contributed by atoms with Crippen molar-refractivity contribution in [3.05, 3.63) is 59.6 Å².